The third kappa shape index (κ3) is 5.38. The van der Waals surface area contributed by atoms with Crippen molar-refractivity contribution in [3.8, 4) is 16.3 Å². The topological polar surface area (TPSA) is 104 Å². The quantitative estimate of drug-likeness (QED) is 0.741. The van der Waals surface area contributed by atoms with Gasteiger partial charge in [0.05, 0.1) is 12.7 Å². The Labute approximate surface area is 167 Å². The molecular formula is C18H24N4O5S. The highest BCUT2D eigenvalue weighted by molar-refractivity contribution is 7.09. The number of nitrogens with zero attached hydrogens (tertiary/aromatic N) is 4. The molecule has 0 saturated carbocycles. The van der Waals surface area contributed by atoms with Crippen LogP contribution in [0.25, 0.3) is 10.6 Å². The van der Waals surface area contributed by atoms with Crippen molar-refractivity contribution in [3.63, 3.8) is 0 Å². The van der Waals surface area contributed by atoms with E-state index in [-0.39, 0.29) is 11.6 Å². The molecule has 0 saturated heterocycles. The van der Waals surface area contributed by atoms with Gasteiger partial charge in [-0.15, -0.1) is 0 Å². The Balaban J connectivity index is 2.58. The van der Waals surface area contributed by atoms with E-state index in [2.05, 4.69) is 14.3 Å². The second kappa shape index (κ2) is 8.09. The molecule has 152 valence electrons. The maximum atomic E-state index is 12.8. The molecule has 28 heavy (non-hydrogen) atoms. The highest BCUT2D eigenvalue weighted by atomic mass is 32.1. The van der Waals surface area contributed by atoms with E-state index in [4.69, 9.17) is 14.2 Å². The predicted molar refractivity (Wildman–Crippen MR) is 105 cm³/mol. The van der Waals surface area contributed by atoms with Gasteiger partial charge in [-0.3, -0.25) is 0 Å². The van der Waals surface area contributed by atoms with Gasteiger partial charge in [-0.2, -0.15) is 9.27 Å². The van der Waals surface area contributed by atoms with Gasteiger partial charge >= 0.3 is 12.2 Å². The lowest BCUT2D eigenvalue weighted by Crippen LogP contribution is -2.44. The standard InChI is InChI=1S/C18H24N4O5S/c1-17(2,3)26-15(23)22(16(24)27-18(4,5)6)13-12(25-7)11(8-9-19-13)14-20-10-21-28-14/h8-10H,1-7H3. The fraction of sp³-hybridized carbons (Fsp3) is 0.500. The molecule has 2 rings (SSSR count). The summed E-state index contributed by atoms with van der Waals surface area (Å²) in [6.45, 7) is 10.2. The summed E-state index contributed by atoms with van der Waals surface area (Å²) in [5.41, 5.74) is -1.13. The van der Waals surface area contributed by atoms with Gasteiger partial charge in [-0.25, -0.2) is 19.6 Å². The predicted octanol–water partition coefficient (Wildman–Crippen LogP) is 4.29. The number of ether oxygens (including phenoxy) is 3. The van der Waals surface area contributed by atoms with Crippen LogP contribution in [0, 0.1) is 0 Å². The van der Waals surface area contributed by atoms with Crippen LogP contribution in [0.4, 0.5) is 15.4 Å². The Kier molecular flexibility index (Phi) is 6.23. The number of carbonyl (C=O) groups excluding carboxylic acids is 2. The van der Waals surface area contributed by atoms with E-state index in [9.17, 15) is 9.59 Å². The Bertz CT molecular complexity index is 813. The molecule has 0 spiro atoms. The number of methoxy groups -OCH3 is 1. The molecule has 10 heteroatoms. The fourth-order valence-corrected chi connectivity index (χ4v) is 2.67. The van der Waals surface area contributed by atoms with Gasteiger partial charge in [-0.1, -0.05) is 0 Å². The zero-order chi connectivity index (χ0) is 21.1. The van der Waals surface area contributed by atoms with Crippen LogP contribution in [0.3, 0.4) is 0 Å². The highest BCUT2D eigenvalue weighted by Crippen LogP contribution is 2.38. The van der Waals surface area contributed by atoms with Crippen LogP contribution in [0.2, 0.25) is 0 Å². The SMILES string of the molecule is COc1c(-c2ncns2)ccnc1N(C(=O)OC(C)(C)C)C(=O)OC(C)(C)C. The molecule has 2 aromatic heterocycles. The van der Waals surface area contributed by atoms with Crippen molar-refractivity contribution in [2.45, 2.75) is 52.7 Å². The van der Waals surface area contributed by atoms with E-state index in [0.717, 1.165) is 16.4 Å². The second-order valence-electron chi connectivity index (χ2n) is 7.76. The molecule has 0 unspecified atom stereocenters. The molecule has 0 aliphatic heterocycles. The summed E-state index contributed by atoms with van der Waals surface area (Å²) < 4.78 is 20.2. The molecule has 0 fully saturated rings. The van der Waals surface area contributed by atoms with Crippen molar-refractivity contribution in [1.82, 2.24) is 14.3 Å². The third-order valence-electron chi connectivity index (χ3n) is 3.05. The average Bonchev–Trinajstić information content (AvgIpc) is 3.05. The van der Waals surface area contributed by atoms with Crippen LogP contribution >= 0.6 is 11.5 Å². The Morgan fingerprint density at radius 3 is 2.00 bits per heavy atom. The van der Waals surface area contributed by atoms with Crippen LogP contribution in [-0.2, 0) is 9.47 Å². The first-order chi connectivity index (χ1) is 12.9. The van der Waals surface area contributed by atoms with Crippen LogP contribution in [0.1, 0.15) is 41.5 Å². The number of rotatable bonds is 3. The number of pyridine rings is 1. The maximum Gasteiger partial charge on any atom is 0.425 e. The highest BCUT2D eigenvalue weighted by Gasteiger charge is 2.36. The molecule has 0 bridgehead atoms. The Morgan fingerprint density at radius 2 is 1.57 bits per heavy atom. The lowest BCUT2D eigenvalue weighted by atomic mass is 10.2. The first-order valence-corrected chi connectivity index (χ1v) is 9.26. The summed E-state index contributed by atoms with van der Waals surface area (Å²) in [6, 6.07) is 1.66. The van der Waals surface area contributed by atoms with E-state index < -0.39 is 23.4 Å². The van der Waals surface area contributed by atoms with Crippen LogP contribution in [0.15, 0.2) is 18.6 Å². The van der Waals surface area contributed by atoms with Crippen LogP contribution in [0.5, 0.6) is 5.75 Å². The van der Waals surface area contributed by atoms with Gasteiger partial charge in [0.15, 0.2) is 11.6 Å². The molecule has 0 aliphatic carbocycles. The van der Waals surface area contributed by atoms with Crippen molar-refractivity contribution < 1.29 is 23.8 Å². The maximum absolute atomic E-state index is 12.8. The van der Waals surface area contributed by atoms with Gasteiger partial charge < -0.3 is 14.2 Å². The Morgan fingerprint density at radius 1 is 1.00 bits per heavy atom. The van der Waals surface area contributed by atoms with Gasteiger partial charge in [-0.05, 0) is 59.1 Å². The van der Waals surface area contributed by atoms with Crippen molar-refractivity contribution >= 4 is 29.5 Å². The van der Waals surface area contributed by atoms with Crippen LogP contribution in [-0.4, -0.2) is 44.8 Å². The summed E-state index contributed by atoms with van der Waals surface area (Å²) in [7, 11) is 1.41. The number of hydrogen-bond acceptors (Lipinski definition) is 9. The zero-order valence-electron chi connectivity index (χ0n) is 17.0. The molecule has 0 aliphatic rings. The number of hydrogen-bond donors (Lipinski definition) is 0. The van der Waals surface area contributed by atoms with Gasteiger partial charge in [0, 0.05) is 6.20 Å². The number of imide groups is 1. The number of carbonyl (C=O) groups is 2. The monoisotopic (exact) mass is 408 g/mol. The minimum atomic E-state index is -0.929. The van der Waals surface area contributed by atoms with E-state index >= 15 is 0 Å². The number of aromatic nitrogens is 3. The Hall–Kier alpha value is -2.75. The summed E-state index contributed by atoms with van der Waals surface area (Å²) >= 11 is 1.14. The van der Waals surface area contributed by atoms with Gasteiger partial charge in [0.1, 0.15) is 22.5 Å². The molecule has 0 radical (unpaired) electrons. The average molecular weight is 408 g/mol. The minimum absolute atomic E-state index is 0.0568. The molecule has 2 amide bonds. The zero-order valence-corrected chi connectivity index (χ0v) is 17.8. The lowest BCUT2D eigenvalue weighted by Gasteiger charge is -2.28. The van der Waals surface area contributed by atoms with Crippen molar-refractivity contribution in [3.05, 3.63) is 18.6 Å². The summed E-state index contributed by atoms with van der Waals surface area (Å²) in [4.78, 5) is 34.7. The van der Waals surface area contributed by atoms with E-state index in [1.165, 1.54) is 19.6 Å². The van der Waals surface area contributed by atoms with Gasteiger partial charge in [0.2, 0.25) is 0 Å². The summed E-state index contributed by atoms with van der Waals surface area (Å²) in [5, 5.41) is 0.550. The number of anilines is 1. The molecule has 0 atom stereocenters. The fourth-order valence-electron chi connectivity index (χ4n) is 2.12. The van der Waals surface area contributed by atoms with Crippen LogP contribution < -0.4 is 9.64 Å². The minimum Gasteiger partial charge on any atom is -0.492 e. The lowest BCUT2D eigenvalue weighted by molar-refractivity contribution is 0.0427. The van der Waals surface area contributed by atoms with E-state index in [1.807, 2.05) is 0 Å². The normalized spacial score (nSPS) is 11.7. The van der Waals surface area contributed by atoms with E-state index in [0.29, 0.717) is 10.6 Å². The first-order valence-electron chi connectivity index (χ1n) is 8.49. The molecule has 0 N–H and O–H groups in total. The van der Waals surface area contributed by atoms with Crippen molar-refractivity contribution in [1.29, 1.82) is 0 Å². The van der Waals surface area contributed by atoms with Crippen molar-refractivity contribution in [2.24, 2.45) is 0 Å². The van der Waals surface area contributed by atoms with E-state index in [1.54, 1.807) is 47.6 Å². The molecule has 2 heterocycles. The molecule has 2 aromatic rings. The third-order valence-corrected chi connectivity index (χ3v) is 3.74. The number of amides is 2. The molecule has 9 nitrogen and oxygen atoms in total. The smallest absolute Gasteiger partial charge is 0.425 e. The van der Waals surface area contributed by atoms with Gasteiger partial charge in [0.25, 0.3) is 0 Å². The molecular weight excluding hydrogens is 384 g/mol. The largest absolute Gasteiger partial charge is 0.492 e. The second-order valence-corrected chi connectivity index (χ2v) is 8.54. The first kappa shape index (κ1) is 21.5. The molecule has 0 aromatic carbocycles. The summed E-state index contributed by atoms with van der Waals surface area (Å²) in [6.07, 6.45) is 0.985. The van der Waals surface area contributed by atoms with Crippen molar-refractivity contribution in [2.75, 3.05) is 12.0 Å². The summed E-state index contributed by atoms with van der Waals surface area (Å²) in [5.74, 6) is 0.120.